The molecule has 1 atom stereocenters. The summed E-state index contributed by atoms with van der Waals surface area (Å²) in [6, 6.07) is 10.5. The molecule has 0 fully saturated rings. The van der Waals surface area contributed by atoms with E-state index in [1.165, 1.54) is 5.56 Å². The molecule has 0 aliphatic rings. The van der Waals surface area contributed by atoms with Crippen LogP contribution in [0.15, 0.2) is 30.3 Å². The first-order chi connectivity index (χ1) is 8.63. The monoisotopic (exact) mass is 245 g/mol. The Hall–Kier alpha value is -1.74. The van der Waals surface area contributed by atoms with Crippen molar-refractivity contribution in [2.24, 2.45) is 5.73 Å². The first kappa shape index (κ1) is 12.7. The van der Waals surface area contributed by atoms with E-state index in [9.17, 15) is 0 Å². The number of hydrogen-bond donors (Lipinski definition) is 1. The van der Waals surface area contributed by atoms with Crippen LogP contribution in [-0.4, -0.2) is 20.3 Å². The summed E-state index contributed by atoms with van der Waals surface area (Å²) in [4.78, 5) is 0. The summed E-state index contributed by atoms with van der Waals surface area (Å²) in [5, 5.41) is 2.28. The van der Waals surface area contributed by atoms with Gasteiger partial charge in [-0.25, -0.2) is 0 Å². The van der Waals surface area contributed by atoms with Gasteiger partial charge in [0.05, 0.1) is 14.2 Å². The van der Waals surface area contributed by atoms with E-state index in [1.54, 1.807) is 14.2 Å². The lowest BCUT2D eigenvalue weighted by atomic mass is 10.0. The highest BCUT2D eigenvalue weighted by Crippen LogP contribution is 2.32. The first-order valence-corrected chi connectivity index (χ1v) is 6.04. The summed E-state index contributed by atoms with van der Waals surface area (Å²) in [6.45, 7) is 2.01. The molecular weight excluding hydrogens is 226 g/mol. The van der Waals surface area contributed by atoms with Gasteiger partial charge in [0.2, 0.25) is 0 Å². The quantitative estimate of drug-likeness (QED) is 0.900. The van der Waals surface area contributed by atoms with Gasteiger partial charge in [0, 0.05) is 6.04 Å². The van der Waals surface area contributed by atoms with Gasteiger partial charge in [-0.1, -0.05) is 18.2 Å². The summed E-state index contributed by atoms with van der Waals surface area (Å²) in [5.41, 5.74) is 7.07. The van der Waals surface area contributed by atoms with E-state index in [0.29, 0.717) is 0 Å². The van der Waals surface area contributed by atoms with E-state index in [4.69, 9.17) is 15.2 Å². The van der Waals surface area contributed by atoms with Crippen molar-refractivity contribution < 1.29 is 9.47 Å². The molecule has 3 nitrogen and oxygen atoms in total. The number of rotatable bonds is 4. The molecule has 2 aromatic rings. The Labute approximate surface area is 108 Å². The van der Waals surface area contributed by atoms with Crippen LogP contribution in [0, 0.1) is 0 Å². The Balaban J connectivity index is 2.49. The zero-order chi connectivity index (χ0) is 13.1. The molecule has 0 saturated heterocycles. The van der Waals surface area contributed by atoms with Crippen molar-refractivity contribution in [2.45, 2.75) is 19.4 Å². The molecule has 0 saturated carbocycles. The molecule has 96 valence electrons. The van der Waals surface area contributed by atoms with Gasteiger partial charge < -0.3 is 15.2 Å². The molecule has 0 aliphatic carbocycles. The minimum atomic E-state index is 0.169. The van der Waals surface area contributed by atoms with Crippen molar-refractivity contribution in [1.29, 1.82) is 0 Å². The van der Waals surface area contributed by atoms with Gasteiger partial charge in [-0.3, -0.25) is 0 Å². The first-order valence-electron chi connectivity index (χ1n) is 6.04. The number of benzene rings is 2. The van der Waals surface area contributed by atoms with Crippen LogP contribution in [0.5, 0.6) is 11.5 Å². The van der Waals surface area contributed by atoms with Gasteiger partial charge >= 0.3 is 0 Å². The minimum absolute atomic E-state index is 0.169. The third kappa shape index (κ3) is 2.57. The second-order valence-electron chi connectivity index (χ2n) is 4.57. The van der Waals surface area contributed by atoms with Crippen LogP contribution in [0.1, 0.15) is 12.5 Å². The van der Waals surface area contributed by atoms with Gasteiger partial charge in [0.1, 0.15) is 0 Å². The van der Waals surface area contributed by atoms with Crippen molar-refractivity contribution in [1.82, 2.24) is 0 Å². The zero-order valence-corrected chi connectivity index (χ0v) is 11.1. The maximum atomic E-state index is 5.83. The molecule has 2 aromatic carbocycles. The number of hydrogen-bond acceptors (Lipinski definition) is 3. The number of nitrogens with two attached hydrogens (primary N) is 1. The molecule has 0 radical (unpaired) electrons. The number of fused-ring (bicyclic) bond motifs is 1. The molecule has 2 N–H and O–H groups in total. The third-order valence-corrected chi connectivity index (χ3v) is 2.96. The molecule has 1 unspecified atom stereocenters. The number of ether oxygens (including phenoxy) is 2. The molecule has 0 bridgehead atoms. The van der Waals surface area contributed by atoms with Gasteiger partial charge in [-0.05, 0) is 41.8 Å². The van der Waals surface area contributed by atoms with Gasteiger partial charge in [-0.2, -0.15) is 0 Å². The Morgan fingerprint density at radius 1 is 1.00 bits per heavy atom. The fourth-order valence-corrected chi connectivity index (χ4v) is 2.12. The van der Waals surface area contributed by atoms with Crippen LogP contribution in [0.2, 0.25) is 0 Å². The third-order valence-electron chi connectivity index (χ3n) is 2.96. The summed E-state index contributed by atoms with van der Waals surface area (Å²) in [5.74, 6) is 1.51. The topological polar surface area (TPSA) is 44.5 Å². The molecule has 0 heterocycles. The summed E-state index contributed by atoms with van der Waals surface area (Å²) < 4.78 is 10.6. The normalized spacial score (nSPS) is 12.4. The Morgan fingerprint density at radius 3 is 2.17 bits per heavy atom. The molecule has 0 aromatic heterocycles. The highest BCUT2D eigenvalue weighted by atomic mass is 16.5. The van der Waals surface area contributed by atoms with E-state index in [1.807, 2.05) is 19.1 Å². The molecule has 0 aliphatic heterocycles. The maximum Gasteiger partial charge on any atom is 0.161 e. The van der Waals surface area contributed by atoms with Crippen LogP contribution in [0.4, 0.5) is 0 Å². The van der Waals surface area contributed by atoms with Crippen molar-refractivity contribution >= 4 is 10.8 Å². The van der Waals surface area contributed by atoms with E-state index in [0.717, 1.165) is 28.7 Å². The Bertz CT molecular complexity index is 549. The second-order valence-corrected chi connectivity index (χ2v) is 4.57. The Kier molecular flexibility index (Phi) is 3.72. The van der Waals surface area contributed by atoms with Gasteiger partial charge in [0.25, 0.3) is 0 Å². The smallest absolute Gasteiger partial charge is 0.161 e. The highest BCUT2D eigenvalue weighted by molar-refractivity contribution is 5.86. The van der Waals surface area contributed by atoms with Gasteiger partial charge in [0.15, 0.2) is 11.5 Å². The fraction of sp³-hybridized carbons (Fsp3) is 0.333. The SMILES string of the molecule is COc1cc2ccc(CC(C)N)cc2cc1OC. The van der Waals surface area contributed by atoms with Crippen molar-refractivity contribution in [3.8, 4) is 11.5 Å². The molecule has 3 heteroatoms. The average molecular weight is 245 g/mol. The second kappa shape index (κ2) is 5.27. The average Bonchev–Trinajstić information content (AvgIpc) is 2.36. The van der Waals surface area contributed by atoms with Crippen LogP contribution in [-0.2, 0) is 6.42 Å². The van der Waals surface area contributed by atoms with E-state index >= 15 is 0 Å². The lowest BCUT2D eigenvalue weighted by molar-refractivity contribution is 0.356. The predicted molar refractivity (Wildman–Crippen MR) is 74.4 cm³/mol. The summed E-state index contributed by atoms with van der Waals surface area (Å²) >= 11 is 0. The van der Waals surface area contributed by atoms with E-state index in [-0.39, 0.29) is 6.04 Å². The molecular formula is C15H19NO2. The predicted octanol–water partition coefficient (Wildman–Crippen LogP) is 2.75. The van der Waals surface area contributed by atoms with Gasteiger partial charge in [-0.15, -0.1) is 0 Å². The highest BCUT2D eigenvalue weighted by Gasteiger charge is 2.07. The molecule has 0 spiro atoms. The van der Waals surface area contributed by atoms with E-state index in [2.05, 4.69) is 18.2 Å². The fourth-order valence-electron chi connectivity index (χ4n) is 2.12. The standard InChI is InChI=1S/C15H19NO2/c1-10(16)6-11-4-5-12-8-14(17-2)15(18-3)9-13(12)7-11/h4-5,7-10H,6,16H2,1-3H3. The van der Waals surface area contributed by atoms with Crippen molar-refractivity contribution in [3.05, 3.63) is 35.9 Å². The van der Waals surface area contributed by atoms with Crippen LogP contribution < -0.4 is 15.2 Å². The van der Waals surface area contributed by atoms with Crippen molar-refractivity contribution in [3.63, 3.8) is 0 Å². The minimum Gasteiger partial charge on any atom is -0.493 e. The lowest BCUT2D eigenvalue weighted by Crippen LogP contribution is -2.17. The summed E-state index contributed by atoms with van der Waals surface area (Å²) in [7, 11) is 3.30. The molecule has 18 heavy (non-hydrogen) atoms. The lowest BCUT2D eigenvalue weighted by Gasteiger charge is -2.11. The zero-order valence-electron chi connectivity index (χ0n) is 11.1. The molecule has 2 rings (SSSR count). The summed E-state index contributed by atoms with van der Waals surface area (Å²) in [6.07, 6.45) is 0.879. The maximum absolute atomic E-state index is 5.83. The Morgan fingerprint density at radius 2 is 1.61 bits per heavy atom. The molecule has 0 amide bonds. The largest absolute Gasteiger partial charge is 0.493 e. The van der Waals surface area contributed by atoms with Crippen LogP contribution >= 0.6 is 0 Å². The van der Waals surface area contributed by atoms with Crippen molar-refractivity contribution in [2.75, 3.05) is 14.2 Å². The van der Waals surface area contributed by atoms with Crippen LogP contribution in [0.3, 0.4) is 0 Å². The van der Waals surface area contributed by atoms with E-state index < -0.39 is 0 Å². The van der Waals surface area contributed by atoms with Crippen LogP contribution in [0.25, 0.3) is 10.8 Å². The number of methoxy groups -OCH3 is 2.